The van der Waals surface area contributed by atoms with Crippen molar-refractivity contribution < 1.29 is 19.2 Å². The fourth-order valence-corrected chi connectivity index (χ4v) is 4.83. The van der Waals surface area contributed by atoms with E-state index in [1.165, 1.54) is 36.2 Å². The van der Waals surface area contributed by atoms with Crippen LogP contribution in [0.15, 0.2) is 60.7 Å². The lowest BCUT2D eigenvalue weighted by atomic mass is 10.1. The number of para-hydroxylation sites is 1. The molecule has 0 saturated heterocycles. The fraction of sp³-hybridized carbons (Fsp3) is 0.207. The van der Waals surface area contributed by atoms with Crippen LogP contribution in [0.5, 0.6) is 5.75 Å². The minimum absolute atomic E-state index is 0.0173. The number of halogens is 2. The number of rotatable bonds is 9. The quantitative estimate of drug-likeness (QED) is 0.171. The first-order chi connectivity index (χ1) is 20.0. The number of aromatic nitrogens is 1. The van der Waals surface area contributed by atoms with Gasteiger partial charge in [0.25, 0.3) is 5.69 Å². The van der Waals surface area contributed by atoms with Gasteiger partial charge in [-0.2, -0.15) is 0 Å². The van der Waals surface area contributed by atoms with Crippen LogP contribution in [0.2, 0.25) is 10.0 Å². The Morgan fingerprint density at radius 2 is 1.76 bits per heavy atom. The van der Waals surface area contributed by atoms with Crippen LogP contribution >= 0.6 is 23.2 Å². The third-order valence-corrected chi connectivity index (χ3v) is 7.15. The summed E-state index contributed by atoms with van der Waals surface area (Å²) >= 11 is 13.2. The van der Waals surface area contributed by atoms with Gasteiger partial charge in [-0.05, 0) is 37.3 Å². The van der Waals surface area contributed by atoms with E-state index in [4.69, 9.17) is 27.9 Å². The molecule has 42 heavy (non-hydrogen) atoms. The van der Waals surface area contributed by atoms with Crippen LogP contribution in [0.25, 0.3) is 10.9 Å². The van der Waals surface area contributed by atoms with E-state index < -0.39 is 16.9 Å². The number of amides is 3. The number of aryl methyl sites for hydroxylation is 1. The molecule has 1 heterocycles. The summed E-state index contributed by atoms with van der Waals surface area (Å²) in [6, 6.07) is 15.6. The van der Waals surface area contributed by atoms with Gasteiger partial charge in [0.1, 0.15) is 17.9 Å². The van der Waals surface area contributed by atoms with Gasteiger partial charge in [-0.15, -0.1) is 0 Å². The van der Waals surface area contributed by atoms with Gasteiger partial charge in [0.15, 0.2) is 0 Å². The van der Waals surface area contributed by atoms with Gasteiger partial charge < -0.3 is 25.2 Å². The van der Waals surface area contributed by atoms with Crippen molar-refractivity contribution >= 4 is 68.8 Å². The molecule has 13 heteroatoms. The molecule has 3 aromatic carbocycles. The highest BCUT2D eigenvalue weighted by Gasteiger charge is 2.20. The first-order valence-electron chi connectivity index (χ1n) is 12.7. The number of fused-ring (bicyclic) bond motifs is 1. The second kappa shape index (κ2) is 12.9. The van der Waals surface area contributed by atoms with Gasteiger partial charge in [0.2, 0.25) is 5.91 Å². The van der Waals surface area contributed by atoms with E-state index >= 15 is 0 Å². The molecule has 2 N–H and O–H groups in total. The van der Waals surface area contributed by atoms with E-state index in [1.54, 1.807) is 12.1 Å². The molecule has 0 aliphatic heterocycles. The zero-order valence-electron chi connectivity index (χ0n) is 23.3. The summed E-state index contributed by atoms with van der Waals surface area (Å²) in [5, 5.41) is 17.4. The summed E-state index contributed by atoms with van der Waals surface area (Å²) < 4.78 is 6.15. The van der Waals surface area contributed by atoms with Gasteiger partial charge in [0.05, 0.1) is 22.2 Å². The molecule has 11 nitrogen and oxygen atoms in total. The van der Waals surface area contributed by atoms with Gasteiger partial charge in [0, 0.05) is 66.3 Å². The van der Waals surface area contributed by atoms with Crippen LogP contribution in [0.3, 0.4) is 0 Å². The van der Waals surface area contributed by atoms with E-state index in [0.29, 0.717) is 27.5 Å². The van der Waals surface area contributed by atoms with Gasteiger partial charge in [-0.3, -0.25) is 14.9 Å². The lowest BCUT2D eigenvalue weighted by Crippen LogP contribution is -2.40. The third-order valence-electron chi connectivity index (χ3n) is 6.38. The van der Waals surface area contributed by atoms with E-state index in [0.717, 1.165) is 16.8 Å². The first kappa shape index (κ1) is 30.4. The minimum atomic E-state index is -0.704. The minimum Gasteiger partial charge on any atom is -0.487 e. The number of nitro benzene ring substituents is 1. The van der Waals surface area contributed by atoms with Crippen molar-refractivity contribution in [1.29, 1.82) is 0 Å². The number of anilines is 3. The summed E-state index contributed by atoms with van der Waals surface area (Å²) in [5.41, 5.74) is 3.43. The molecule has 4 aromatic rings. The Morgan fingerprint density at radius 1 is 1.02 bits per heavy atom. The van der Waals surface area contributed by atoms with E-state index in [9.17, 15) is 19.7 Å². The molecule has 1 aromatic heterocycles. The molecule has 0 atom stereocenters. The molecular weight excluding hydrogens is 583 g/mol. The van der Waals surface area contributed by atoms with Crippen molar-refractivity contribution in [1.82, 2.24) is 10.3 Å². The predicted octanol–water partition coefficient (Wildman–Crippen LogP) is 6.19. The molecule has 218 valence electrons. The predicted molar refractivity (Wildman–Crippen MR) is 165 cm³/mol. The Balaban J connectivity index is 1.46. The highest BCUT2D eigenvalue weighted by atomic mass is 35.5. The molecule has 0 spiro atoms. The largest absolute Gasteiger partial charge is 0.487 e. The zero-order valence-corrected chi connectivity index (χ0v) is 24.8. The highest BCUT2D eigenvalue weighted by Crippen LogP contribution is 2.36. The zero-order chi connectivity index (χ0) is 30.6. The van der Waals surface area contributed by atoms with Crippen LogP contribution in [-0.4, -0.2) is 49.5 Å². The van der Waals surface area contributed by atoms with E-state index in [-0.39, 0.29) is 29.5 Å². The fourth-order valence-electron chi connectivity index (χ4n) is 4.22. The third kappa shape index (κ3) is 6.81. The molecule has 0 saturated carbocycles. The molecule has 4 rings (SSSR count). The number of nitro groups is 1. The van der Waals surface area contributed by atoms with E-state index in [2.05, 4.69) is 15.6 Å². The molecule has 0 radical (unpaired) electrons. The number of ether oxygens (including phenoxy) is 1. The summed E-state index contributed by atoms with van der Waals surface area (Å²) in [4.78, 5) is 43.5. The Labute approximate surface area is 252 Å². The molecule has 0 bridgehead atoms. The maximum atomic E-state index is 12.9. The van der Waals surface area contributed by atoms with Crippen LogP contribution in [0.4, 0.5) is 27.5 Å². The Kier molecular flexibility index (Phi) is 9.34. The molecule has 0 aliphatic carbocycles. The van der Waals surface area contributed by atoms with Crippen molar-refractivity contribution in [2.75, 3.05) is 42.8 Å². The Bertz CT molecular complexity index is 1680. The summed E-state index contributed by atoms with van der Waals surface area (Å²) in [6.07, 6.45) is 0. The standard InChI is InChI=1S/C29H28Cl2N6O5/c1-17-13-24(35(2)3)20-9-6-10-25(28(20)33-17)42-16-21-22(30)11-12-23(27(21)31)36(4)26(38)15-32-29(39)34-18-7-5-8-19(14-18)37(40)41/h5-14H,15-16H2,1-4H3,(H2,32,34,39). The Hall–Kier alpha value is -4.61. The lowest BCUT2D eigenvalue weighted by Gasteiger charge is -2.22. The van der Waals surface area contributed by atoms with Crippen LogP contribution < -0.4 is 25.2 Å². The molecular formula is C29H28Cl2N6O5. The molecule has 3 amide bonds. The maximum absolute atomic E-state index is 12.9. The Morgan fingerprint density at radius 3 is 2.48 bits per heavy atom. The highest BCUT2D eigenvalue weighted by molar-refractivity contribution is 6.38. The summed E-state index contributed by atoms with van der Waals surface area (Å²) in [7, 11) is 5.44. The number of pyridine rings is 1. The van der Waals surface area contributed by atoms with Crippen LogP contribution in [0.1, 0.15) is 11.3 Å². The second-order valence-corrected chi connectivity index (χ2v) is 10.3. The van der Waals surface area contributed by atoms with Crippen molar-refractivity contribution in [3.8, 4) is 5.75 Å². The normalized spacial score (nSPS) is 10.7. The smallest absolute Gasteiger partial charge is 0.319 e. The van der Waals surface area contributed by atoms with Crippen LogP contribution in [-0.2, 0) is 11.4 Å². The van der Waals surface area contributed by atoms with Gasteiger partial charge in [-0.1, -0.05) is 41.4 Å². The van der Waals surface area contributed by atoms with Gasteiger partial charge >= 0.3 is 6.03 Å². The number of carbonyl (C=O) groups is 2. The summed E-state index contributed by atoms with van der Waals surface area (Å²) in [5.74, 6) is 0.0884. The topological polar surface area (TPSA) is 130 Å². The number of nitrogens with zero attached hydrogens (tertiary/aromatic N) is 4. The number of urea groups is 1. The monoisotopic (exact) mass is 610 g/mol. The molecule has 0 fully saturated rings. The van der Waals surface area contributed by atoms with Crippen molar-refractivity contribution in [2.45, 2.75) is 13.5 Å². The SMILES string of the molecule is Cc1cc(N(C)C)c2cccc(OCc3c(Cl)ccc(N(C)C(=O)CNC(=O)Nc4cccc([N+](=O)[O-])c4)c3Cl)c2n1. The van der Waals surface area contributed by atoms with Gasteiger partial charge in [-0.25, -0.2) is 9.78 Å². The number of carbonyl (C=O) groups excluding carboxylic acids is 2. The number of hydrogen-bond donors (Lipinski definition) is 2. The molecule has 0 aliphatic rings. The summed E-state index contributed by atoms with van der Waals surface area (Å²) in [6.45, 7) is 1.57. The number of nitrogens with one attached hydrogen (secondary N) is 2. The van der Waals surface area contributed by atoms with Crippen LogP contribution in [0, 0.1) is 17.0 Å². The average Bonchev–Trinajstić information content (AvgIpc) is 2.95. The van der Waals surface area contributed by atoms with E-state index in [1.807, 2.05) is 50.2 Å². The van der Waals surface area contributed by atoms with Crippen molar-refractivity contribution in [2.24, 2.45) is 0 Å². The average molecular weight is 611 g/mol. The van der Waals surface area contributed by atoms with Crippen molar-refractivity contribution in [3.63, 3.8) is 0 Å². The maximum Gasteiger partial charge on any atom is 0.319 e. The number of benzene rings is 3. The number of non-ortho nitro benzene ring substituents is 1. The second-order valence-electron chi connectivity index (χ2n) is 9.55. The lowest BCUT2D eigenvalue weighted by molar-refractivity contribution is -0.384. The number of likely N-dealkylation sites (N-methyl/N-ethyl adjacent to an activating group) is 1. The number of hydrogen-bond acceptors (Lipinski definition) is 7. The molecule has 0 unspecified atom stereocenters. The first-order valence-corrected chi connectivity index (χ1v) is 13.4. The van der Waals surface area contributed by atoms with Crippen molar-refractivity contribution in [3.05, 3.63) is 92.1 Å².